The molecule has 0 saturated carbocycles. The number of carbonyl (C=O) groups excluding carboxylic acids is 2. The Morgan fingerprint density at radius 2 is 1.53 bits per heavy atom. The Labute approximate surface area is 123 Å². The number of carbonyl (C=O) groups is 2. The molecule has 2 aromatic rings. The molecule has 5 heteroatoms. The second-order valence-corrected chi connectivity index (χ2v) is 3.37. The molecule has 2 aromatic carbocycles. The Morgan fingerprint density at radius 3 is 2.00 bits per heavy atom. The van der Waals surface area contributed by atoms with E-state index in [0.717, 1.165) is 16.8 Å². The number of carboxylic acids is 2. The summed E-state index contributed by atoms with van der Waals surface area (Å²) in [6.45, 7) is 2.90. The summed E-state index contributed by atoms with van der Waals surface area (Å²) in [7, 11) is 0. The van der Waals surface area contributed by atoms with Crippen molar-refractivity contribution in [2.45, 2.75) is 0 Å². The maximum Gasteiger partial charge on any atom is 2.00 e. The largest absolute Gasteiger partial charge is 2.00 e. The first-order valence-corrected chi connectivity index (χ1v) is 5.08. The Morgan fingerprint density at radius 1 is 1.00 bits per heavy atom. The Balaban J connectivity index is 0.000000471. The summed E-state index contributed by atoms with van der Waals surface area (Å²) in [5.74, 6) is -2.37. The summed E-state index contributed by atoms with van der Waals surface area (Å²) in [6, 6.07) is 12.6. The molecule has 0 fully saturated rings. The van der Waals surface area contributed by atoms with Crippen LogP contribution in [0.1, 0.15) is 10.4 Å². The predicted molar refractivity (Wildman–Crippen MR) is 63.5 cm³/mol. The van der Waals surface area contributed by atoms with Gasteiger partial charge in [0, 0.05) is 0 Å². The topological polar surface area (TPSA) is 80.3 Å². The number of fused-ring (bicyclic) bond motifs is 1. The van der Waals surface area contributed by atoms with Crippen LogP contribution in [0, 0.1) is 0 Å². The molecule has 0 N–H and O–H groups in total. The van der Waals surface area contributed by atoms with Crippen LogP contribution in [0.25, 0.3) is 10.8 Å². The van der Waals surface area contributed by atoms with Gasteiger partial charge in [0.25, 0.3) is 0 Å². The van der Waals surface area contributed by atoms with Gasteiger partial charge in [-0.3, -0.25) is 0 Å². The van der Waals surface area contributed by atoms with Crippen molar-refractivity contribution in [2.75, 3.05) is 0 Å². The minimum atomic E-state index is -1.23. The van der Waals surface area contributed by atoms with Gasteiger partial charge in [-0.05, 0) is 28.5 Å². The minimum absolute atomic E-state index is 0. The van der Waals surface area contributed by atoms with E-state index in [4.69, 9.17) is 9.90 Å². The van der Waals surface area contributed by atoms with Gasteiger partial charge in [0.05, 0.1) is 11.9 Å². The number of aromatic carboxylic acids is 1. The van der Waals surface area contributed by atoms with E-state index in [-0.39, 0.29) is 25.0 Å². The molecule has 0 aromatic heterocycles. The molecule has 0 aliphatic heterocycles. The molecule has 0 aliphatic carbocycles. The molecule has 2 rings (SSSR count). The summed E-state index contributed by atoms with van der Waals surface area (Å²) in [4.78, 5) is 19.7. The SMILES string of the molecule is C=CC(=O)[O-].O=C([O-])c1ccc2ccccc2c1.[Zn+2]. The van der Waals surface area contributed by atoms with Crippen LogP contribution in [-0.4, -0.2) is 11.9 Å². The Hall–Kier alpha value is -2.00. The molecule has 0 saturated heterocycles. The van der Waals surface area contributed by atoms with E-state index in [9.17, 15) is 9.90 Å². The zero-order valence-electron chi connectivity index (χ0n) is 10.2. The van der Waals surface area contributed by atoms with Gasteiger partial charge in [0.1, 0.15) is 0 Å². The molecule has 0 aliphatic rings. The van der Waals surface area contributed by atoms with Gasteiger partial charge in [-0.25, -0.2) is 0 Å². The molecule has 0 bridgehead atoms. The van der Waals surface area contributed by atoms with Crippen molar-refractivity contribution in [1.82, 2.24) is 0 Å². The van der Waals surface area contributed by atoms with E-state index in [2.05, 4.69) is 6.58 Å². The fourth-order valence-electron chi connectivity index (χ4n) is 1.32. The first-order chi connectivity index (χ1) is 8.54. The number of hydrogen-bond donors (Lipinski definition) is 0. The summed E-state index contributed by atoms with van der Waals surface area (Å²) < 4.78 is 0. The molecule has 0 unspecified atom stereocenters. The standard InChI is InChI=1S/C11H8O2.C3H4O2.Zn/c12-11(13)10-6-5-8-3-1-2-4-9(8)7-10;1-2-3(4)5;/h1-7H,(H,12,13);2H,1H2,(H,4,5);/q;;+2/p-2. The molecule has 0 heterocycles. The third kappa shape index (κ3) is 5.45. The number of benzene rings is 2. The maximum absolute atomic E-state index is 10.5. The second kappa shape index (κ2) is 8.17. The summed E-state index contributed by atoms with van der Waals surface area (Å²) in [5, 5.41) is 21.6. The van der Waals surface area contributed by atoms with Crippen molar-refractivity contribution >= 4 is 22.7 Å². The van der Waals surface area contributed by atoms with Crippen LogP contribution in [0.15, 0.2) is 55.1 Å². The third-order valence-electron chi connectivity index (χ3n) is 2.15. The molecular formula is C14H10O4Zn. The van der Waals surface area contributed by atoms with Gasteiger partial charge in [0.2, 0.25) is 0 Å². The van der Waals surface area contributed by atoms with E-state index in [1.165, 1.54) is 0 Å². The summed E-state index contributed by atoms with van der Waals surface area (Å²) in [5.41, 5.74) is 0.221. The number of rotatable bonds is 2. The number of aliphatic carboxylic acids is 1. The predicted octanol–water partition coefficient (Wildman–Crippen LogP) is 0.123. The van der Waals surface area contributed by atoms with Crippen molar-refractivity contribution in [1.29, 1.82) is 0 Å². The Bertz CT molecular complexity index is 593. The van der Waals surface area contributed by atoms with E-state index in [0.29, 0.717) is 0 Å². The van der Waals surface area contributed by atoms with Crippen LogP contribution >= 0.6 is 0 Å². The average Bonchev–Trinajstić information content (AvgIpc) is 2.38. The van der Waals surface area contributed by atoms with Gasteiger partial charge in [-0.1, -0.05) is 43.0 Å². The van der Waals surface area contributed by atoms with E-state index < -0.39 is 11.9 Å². The van der Waals surface area contributed by atoms with Gasteiger partial charge in [-0.15, -0.1) is 0 Å². The van der Waals surface area contributed by atoms with Crippen molar-refractivity contribution in [2.24, 2.45) is 0 Å². The number of carboxylic acid groups (broad SMARTS) is 2. The van der Waals surface area contributed by atoms with E-state index >= 15 is 0 Å². The third-order valence-corrected chi connectivity index (χ3v) is 2.15. The minimum Gasteiger partial charge on any atom is -0.545 e. The van der Waals surface area contributed by atoms with Gasteiger partial charge in [0.15, 0.2) is 0 Å². The van der Waals surface area contributed by atoms with E-state index in [1.807, 2.05) is 24.3 Å². The average molecular weight is 308 g/mol. The van der Waals surface area contributed by atoms with Crippen molar-refractivity contribution in [3.8, 4) is 0 Å². The quantitative estimate of drug-likeness (QED) is 0.583. The smallest absolute Gasteiger partial charge is 0.545 e. The molecule has 4 nitrogen and oxygen atoms in total. The normalized spacial score (nSPS) is 8.63. The van der Waals surface area contributed by atoms with Gasteiger partial charge in [-0.2, -0.15) is 0 Å². The fraction of sp³-hybridized carbons (Fsp3) is 0. The molecular weight excluding hydrogens is 298 g/mol. The summed E-state index contributed by atoms with van der Waals surface area (Å²) in [6.07, 6.45) is 0.722. The first kappa shape index (κ1) is 17.0. The maximum atomic E-state index is 10.5. The van der Waals surface area contributed by atoms with Gasteiger partial charge < -0.3 is 19.8 Å². The zero-order chi connectivity index (χ0) is 13.5. The van der Waals surface area contributed by atoms with Crippen LogP contribution in [0.5, 0.6) is 0 Å². The molecule has 0 radical (unpaired) electrons. The summed E-state index contributed by atoms with van der Waals surface area (Å²) >= 11 is 0. The van der Waals surface area contributed by atoms with Crippen LogP contribution in [0.4, 0.5) is 0 Å². The van der Waals surface area contributed by atoms with Crippen molar-refractivity contribution in [3.63, 3.8) is 0 Å². The molecule has 0 amide bonds. The molecule has 92 valence electrons. The monoisotopic (exact) mass is 306 g/mol. The zero-order valence-corrected chi connectivity index (χ0v) is 13.1. The van der Waals surface area contributed by atoms with Crippen LogP contribution in [0.2, 0.25) is 0 Å². The van der Waals surface area contributed by atoms with Crippen molar-refractivity contribution < 1.29 is 39.3 Å². The second-order valence-electron chi connectivity index (χ2n) is 3.37. The van der Waals surface area contributed by atoms with Gasteiger partial charge >= 0.3 is 19.5 Å². The van der Waals surface area contributed by atoms with Crippen molar-refractivity contribution in [3.05, 3.63) is 60.7 Å². The van der Waals surface area contributed by atoms with Crippen LogP contribution in [-0.2, 0) is 24.3 Å². The molecule has 19 heavy (non-hydrogen) atoms. The molecule has 0 spiro atoms. The number of hydrogen-bond acceptors (Lipinski definition) is 4. The van der Waals surface area contributed by atoms with E-state index in [1.54, 1.807) is 18.2 Å². The van der Waals surface area contributed by atoms with Crippen LogP contribution < -0.4 is 10.2 Å². The van der Waals surface area contributed by atoms with Crippen LogP contribution in [0.3, 0.4) is 0 Å². The Kier molecular flexibility index (Phi) is 7.31. The fourth-order valence-corrected chi connectivity index (χ4v) is 1.32. The first-order valence-electron chi connectivity index (χ1n) is 5.08. The molecule has 0 atom stereocenters.